The molecule has 4 N–H and O–H groups in total. The van der Waals surface area contributed by atoms with Gasteiger partial charge in [-0.25, -0.2) is 0 Å². The Morgan fingerprint density at radius 3 is 2.43 bits per heavy atom. The minimum absolute atomic E-state index is 0.115. The Morgan fingerprint density at radius 1 is 1.43 bits per heavy atom. The van der Waals surface area contributed by atoms with E-state index in [0.29, 0.717) is 13.0 Å². The van der Waals surface area contributed by atoms with E-state index in [9.17, 15) is 4.79 Å². The summed E-state index contributed by atoms with van der Waals surface area (Å²) in [4.78, 5) is 13.0. The van der Waals surface area contributed by atoms with Crippen LogP contribution < -0.4 is 11.5 Å². The van der Waals surface area contributed by atoms with Crippen LogP contribution in [0, 0.1) is 0 Å². The molecule has 0 aliphatic heterocycles. The second kappa shape index (κ2) is 7.76. The minimum Gasteiger partial charge on any atom is -0.370 e. The van der Waals surface area contributed by atoms with Gasteiger partial charge in [-0.1, -0.05) is 20.3 Å². The van der Waals surface area contributed by atoms with E-state index in [1.54, 1.807) is 0 Å². The maximum absolute atomic E-state index is 10.8. The van der Waals surface area contributed by atoms with Gasteiger partial charge in [-0.3, -0.25) is 9.69 Å². The lowest BCUT2D eigenvalue weighted by atomic mass is 10.1. The lowest BCUT2D eigenvalue weighted by molar-refractivity contribution is -0.119. The maximum Gasteiger partial charge on any atom is 0.219 e. The smallest absolute Gasteiger partial charge is 0.219 e. The fraction of sp³-hybridized carbons (Fsp3) is 0.900. The molecule has 0 aliphatic rings. The minimum atomic E-state index is -0.268. The molecular formula is C10H23N3O. The Kier molecular flexibility index (Phi) is 7.42. The molecule has 0 aromatic heterocycles. The summed E-state index contributed by atoms with van der Waals surface area (Å²) in [6, 6.07) is 0.115. The molecule has 1 unspecified atom stereocenters. The van der Waals surface area contributed by atoms with Gasteiger partial charge in [0.05, 0.1) is 0 Å². The Hall–Kier alpha value is -0.610. The Balaban J connectivity index is 4.06. The van der Waals surface area contributed by atoms with Gasteiger partial charge in [-0.15, -0.1) is 0 Å². The number of nitrogens with zero attached hydrogens (tertiary/aromatic N) is 1. The maximum atomic E-state index is 10.8. The topological polar surface area (TPSA) is 72.3 Å². The van der Waals surface area contributed by atoms with Crippen molar-refractivity contribution in [2.24, 2.45) is 11.5 Å². The van der Waals surface area contributed by atoms with E-state index in [2.05, 4.69) is 18.7 Å². The predicted octanol–water partition coefficient (Wildman–Crippen LogP) is 0.311. The van der Waals surface area contributed by atoms with E-state index >= 15 is 0 Å². The fourth-order valence-electron chi connectivity index (χ4n) is 1.55. The number of carbonyl (C=O) groups excluding carboxylic acids is 1. The number of amides is 1. The van der Waals surface area contributed by atoms with Crippen LogP contribution in [0.2, 0.25) is 0 Å². The first-order valence-corrected chi connectivity index (χ1v) is 5.38. The van der Waals surface area contributed by atoms with E-state index < -0.39 is 0 Å². The van der Waals surface area contributed by atoms with Crippen LogP contribution in [0.4, 0.5) is 0 Å². The number of likely N-dealkylation sites (N-methyl/N-ethyl adjacent to an activating group) is 1. The van der Waals surface area contributed by atoms with Crippen molar-refractivity contribution in [2.45, 2.75) is 39.2 Å². The van der Waals surface area contributed by atoms with Crippen molar-refractivity contribution in [1.29, 1.82) is 0 Å². The number of hydrogen-bond donors (Lipinski definition) is 2. The molecule has 0 spiro atoms. The summed E-state index contributed by atoms with van der Waals surface area (Å²) < 4.78 is 0. The average Bonchev–Trinajstić information content (AvgIpc) is 2.16. The zero-order chi connectivity index (χ0) is 11.0. The van der Waals surface area contributed by atoms with Gasteiger partial charge in [0, 0.05) is 19.0 Å². The van der Waals surface area contributed by atoms with Gasteiger partial charge < -0.3 is 11.5 Å². The van der Waals surface area contributed by atoms with Crippen molar-refractivity contribution in [3.05, 3.63) is 0 Å². The van der Waals surface area contributed by atoms with Crippen molar-refractivity contribution in [1.82, 2.24) is 4.90 Å². The highest BCUT2D eigenvalue weighted by Crippen LogP contribution is 2.04. The van der Waals surface area contributed by atoms with Gasteiger partial charge >= 0.3 is 0 Å². The molecular weight excluding hydrogens is 178 g/mol. The van der Waals surface area contributed by atoms with Crippen LogP contribution >= 0.6 is 0 Å². The van der Waals surface area contributed by atoms with Crippen molar-refractivity contribution in [3.8, 4) is 0 Å². The number of rotatable bonds is 8. The molecule has 0 aliphatic carbocycles. The number of unbranched alkanes of at least 4 members (excludes halogenated alkanes) is 1. The van der Waals surface area contributed by atoms with Crippen LogP contribution in [0.15, 0.2) is 0 Å². The second-order valence-corrected chi connectivity index (χ2v) is 3.54. The van der Waals surface area contributed by atoms with E-state index in [0.717, 1.165) is 25.9 Å². The Morgan fingerprint density at radius 2 is 2.07 bits per heavy atom. The zero-order valence-electron chi connectivity index (χ0n) is 9.33. The van der Waals surface area contributed by atoms with Crippen LogP contribution in [0.25, 0.3) is 0 Å². The fourth-order valence-corrected chi connectivity index (χ4v) is 1.55. The standard InChI is InChI=1S/C10H23N3O/c1-3-5-6-13(4-2)9(8-11)7-10(12)14/h9H,3-8,11H2,1-2H3,(H2,12,14). The molecule has 0 rings (SSSR count). The molecule has 1 atom stereocenters. The third kappa shape index (κ3) is 5.19. The highest BCUT2D eigenvalue weighted by molar-refractivity contribution is 5.74. The van der Waals surface area contributed by atoms with Crippen LogP contribution in [0.5, 0.6) is 0 Å². The monoisotopic (exact) mass is 201 g/mol. The van der Waals surface area contributed by atoms with Crippen molar-refractivity contribution < 1.29 is 4.79 Å². The summed E-state index contributed by atoms with van der Waals surface area (Å²) >= 11 is 0. The van der Waals surface area contributed by atoms with Crippen molar-refractivity contribution in [2.75, 3.05) is 19.6 Å². The average molecular weight is 201 g/mol. The molecule has 0 radical (unpaired) electrons. The lowest BCUT2D eigenvalue weighted by Crippen LogP contribution is -2.43. The number of nitrogens with two attached hydrogens (primary N) is 2. The van der Waals surface area contributed by atoms with Gasteiger partial charge in [0.1, 0.15) is 0 Å². The molecule has 1 amide bonds. The first kappa shape index (κ1) is 13.4. The summed E-state index contributed by atoms with van der Waals surface area (Å²) in [7, 11) is 0. The van der Waals surface area contributed by atoms with Crippen molar-refractivity contribution in [3.63, 3.8) is 0 Å². The molecule has 0 saturated heterocycles. The number of primary amides is 1. The molecule has 0 bridgehead atoms. The van der Waals surface area contributed by atoms with Crippen LogP contribution in [-0.4, -0.2) is 36.5 Å². The van der Waals surface area contributed by atoms with Crippen molar-refractivity contribution >= 4 is 5.91 Å². The van der Waals surface area contributed by atoms with E-state index in [4.69, 9.17) is 11.5 Å². The summed E-state index contributed by atoms with van der Waals surface area (Å²) in [5.74, 6) is -0.268. The van der Waals surface area contributed by atoms with Gasteiger partial charge in [0.15, 0.2) is 0 Å². The van der Waals surface area contributed by atoms with Gasteiger partial charge in [0.2, 0.25) is 5.91 Å². The lowest BCUT2D eigenvalue weighted by Gasteiger charge is -2.28. The molecule has 4 heteroatoms. The number of hydrogen-bond acceptors (Lipinski definition) is 3. The van der Waals surface area contributed by atoms with Gasteiger partial charge in [-0.2, -0.15) is 0 Å². The first-order valence-electron chi connectivity index (χ1n) is 5.38. The molecule has 0 aromatic rings. The highest BCUT2D eigenvalue weighted by Gasteiger charge is 2.16. The van der Waals surface area contributed by atoms with Crippen LogP contribution in [0.3, 0.4) is 0 Å². The third-order valence-electron chi connectivity index (χ3n) is 2.43. The Bertz CT molecular complexity index is 161. The van der Waals surface area contributed by atoms with Crippen LogP contribution in [0.1, 0.15) is 33.1 Å². The Labute approximate surface area is 86.6 Å². The summed E-state index contributed by atoms with van der Waals surface area (Å²) in [6.45, 7) is 6.66. The molecule has 0 aromatic carbocycles. The number of carbonyl (C=O) groups is 1. The van der Waals surface area contributed by atoms with Gasteiger partial charge in [0.25, 0.3) is 0 Å². The van der Waals surface area contributed by atoms with E-state index in [1.807, 2.05) is 0 Å². The molecule has 84 valence electrons. The summed E-state index contributed by atoms with van der Waals surface area (Å²) in [5, 5.41) is 0. The predicted molar refractivity (Wildman–Crippen MR) is 58.8 cm³/mol. The van der Waals surface area contributed by atoms with Gasteiger partial charge in [-0.05, 0) is 19.5 Å². The molecule has 0 heterocycles. The van der Waals surface area contributed by atoms with E-state index in [1.165, 1.54) is 0 Å². The highest BCUT2D eigenvalue weighted by atomic mass is 16.1. The summed E-state index contributed by atoms with van der Waals surface area (Å²) in [6.07, 6.45) is 2.67. The molecule has 4 nitrogen and oxygen atoms in total. The first-order chi connectivity index (χ1) is 6.65. The molecule has 0 fully saturated rings. The zero-order valence-corrected chi connectivity index (χ0v) is 9.33. The summed E-state index contributed by atoms with van der Waals surface area (Å²) in [5.41, 5.74) is 10.8. The quantitative estimate of drug-likeness (QED) is 0.593. The third-order valence-corrected chi connectivity index (χ3v) is 2.43. The molecule has 0 saturated carbocycles. The molecule has 14 heavy (non-hydrogen) atoms. The normalized spacial score (nSPS) is 13.1. The SMILES string of the molecule is CCCCN(CC)C(CN)CC(N)=O. The van der Waals surface area contributed by atoms with E-state index in [-0.39, 0.29) is 11.9 Å². The van der Waals surface area contributed by atoms with Crippen LogP contribution in [-0.2, 0) is 4.79 Å². The largest absolute Gasteiger partial charge is 0.370 e. The second-order valence-electron chi connectivity index (χ2n) is 3.54.